The Bertz CT molecular complexity index is 964. The molecule has 144 valence electrons. The van der Waals surface area contributed by atoms with Crippen LogP contribution in [0.25, 0.3) is 0 Å². The number of para-hydroxylation sites is 1. The van der Waals surface area contributed by atoms with Gasteiger partial charge in [-0.15, -0.1) is 0 Å². The first-order valence-electron chi connectivity index (χ1n) is 8.89. The van der Waals surface area contributed by atoms with Crippen LogP contribution in [0.15, 0.2) is 53.4 Å². The first kappa shape index (κ1) is 19.4. The highest BCUT2D eigenvalue weighted by molar-refractivity contribution is 7.92. The molecule has 0 spiro atoms. The molecule has 1 unspecified atom stereocenters. The van der Waals surface area contributed by atoms with Crippen molar-refractivity contribution in [1.82, 2.24) is 5.32 Å². The van der Waals surface area contributed by atoms with Crippen LogP contribution in [-0.4, -0.2) is 32.5 Å². The van der Waals surface area contributed by atoms with Crippen LogP contribution in [0.4, 0.5) is 5.69 Å². The van der Waals surface area contributed by atoms with Crippen LogP contribution >= 0.6 is 0 Å². The second kappa shape index (κ2) is 6.98. The maximum Gasteiger partial charge on any atom is 0.264 e. The van der Waals surface area contributed by atoms with E-state index >= 15 is 0 Å². The molecule has 0 saturated carbocycles. The summed E-state index contributed by atoms with van der Waals surface area (Å²) in [5.41, 5.74) is 7.34. The fourth-order valence-corrected chi connectivity index (χ4v) is 4.96. The maximum atomic E-state index is 13.3. The van der Waals surface area contributed by atoms with Crippen molar-refractivity contribution in [1.29, 1.82) is 0 Å². The molecule has 27 heavy (non-hydrogen) atoms. The number of nitrogens with two attached hydrogens (primary N) is 1. The lowest BCUT2D eigenvalue weighted by atomic mass is 10.1. The van der Waals surface area contributed by atoms with Gasteiger partial charge in [0.1, 0.15) is 0 Å². The van der Waals surface area contributed by atoms with Gasteiger partial charge in [0.25, 0.3) is 15.9 Å². The van der Waals surface area contributed by atoms with E-state index in [2.05, 4.69) is 5.32 Å². The van der Waals surface area contributed by atoms with E-state index < -0.39 is 15.6 Å². The predicted octanol–water partition coefficient (Wildman–Crippen LogP) is 2.29. The number of hydrogen-bond donors (Lipinski definition) is 2. The second-order valence-corrected chi connectivity index (χ2v) is 9.50. The quantitative estimate of drug-likeness (QED) is 0.823. The highest BCUT2D eigenvalue weighted by Crippen LogP contribution is 2.36. The third-order valence-electron chi connectivity index (χ3n) is 4.50. The number of hydrogen-bond acceptors (Lipinski definition) is 4. The SMILES string of the molecule is CC1Cc2ccccc2N1S(=O)(=O)c1cccc(C(=O)NCC(C)(C)N)c1. The number of nitrogens with zero attached hydrogens (tertiary/aromatic N) is 1. The Morgan fingerprint density at radius 1 is 1.22 bits per heavy atom. The fourth-order valence-electron chi connectivity index (χ4n) is 3.22. The van der Waals surface area contributed by atoms with Gasteiger partial charge in [-0.05, 0) is 57.0 Å². The van der Waals surface area contributed by atoms with Gasteiger partial charge in [0.05, 0.1) is 10.6 Å². The van der Waals surface area contributed by atoms with Crippen LogP contribution < -0.4 is 15.4 Å². The molecule has 1 aliphatic rings. The molecule has 0 aliphatic carbocycles. The van der Waals surface area contributed by atoms with Gasteiger partial charge in [0, 0.05) is 23.7 Å². The van der Waals surface area contributed by atoms with Crippen molar-refractivity contribution in [2.75, 3.05) is 10.8 Å². The summed E-state index contributed by atoms with van der Waals surface area (Å²) in [7, 11) is -3.77. The molecule has 0 saturated heterocycles. The predicted molar refractivity (Wildman–Crippen MR) is 106 cm³/mol. The molecule has 6 nitrogen and oxygen atoms in total. The van der Waals surface area contributed by atoms with Gasteiger partial charge in [0.2, 0.25) is 0 Å². The van der Waals surface area contributed by atoms with E-state index in [9.17, 15) is 13.2 Å². The molecule has 0 bridgehead atoms. The number of sulfonamides is 1. The first-order chi connectivity index (χ1) is 12.6. The van der Waals surface area contributed by atoms with Gasteiger partial charge in [-0.1, -0.05) is 24.3 Å². The Labute approximate surface area is 160 Å². The summed E-state index contributed by atoms with van der Waals surface area (Å²) in [6, 6.07) is 13.4. The highest BCUT2D eigenvalue weighted by Gasteiger charge is 2.36. The van der Waals surface area contributed by atoms with E-state index in [0.29, 0.717) is 24.2 Å². The number of nitrogens with one attached hydrogen (secondary N) is 1. The van der Waals surface area contributed by atoms with Crippen LogP contribution in [0, 0.1) is 0 Å². The molecule has 1 atom stereocenters. The van der Waals surface area contributed by atoms with E-state index in [0.717, 1.165) is 5.56 Å². The summed E-state index contributed by atoms with van der Waals surface area (Å²) in [4.78, 5) is 12.5. The number of carbonyl (C=O) groups is 1. The van der Waals surface area contributed by atoms with Crippen molar-refractivity contribution in [3.8, 4) is 0 Å². The normalized spacial score (nSPS) is 16.9. The second-order valence-electron chi connectivity index (χ2n) is 7.68. The third kappa shape index (κ3) is 3.99. The summed E-state index contributed by atoms with van der Waals surface area (Å²) in [6.07, 6.45) is 0.668. The van der Waals surface area contributed by atoms with Gasteiger partial charge in [-0.25, -0.2) is 8.42 Å². The topological polar surface area (TPSA) is 92.5 Å². The molecule has 1 aliphatic heterocycles. The maximum absolute atomic E-state index is 13.3. The van der Waals surface area contributed by atoms with Crippen LogP contribution in [0.3, 0.4) is 0 Å². The van der Waals surface area contributed by atoms with E-state index in [1.54, 1.807) is 26.0 Å². The summed E-state index contributed by atoms with van der Waals surface area (Å²) >= 11 is 0. The molecular weight excluding hydrogens is 362 g/mol. The number of carbonyl (C=O) groups excluding carboxylic acids is 1. The lowest BCUT2D eigenvalue weighted by Gasteiger charge is -2.24. The lowest BCUT2D eigenvalue weighted by Crippen LogP contribution is -2.45. The standard InChI is InChI=1S/C20H25N3O3S/c1-14-11-15-7-4-5-10-18(15)23(14)27(25,26)17-9-6-8-16(12-17)19(24)22-13-20(2,3)21/h4-10,12,14H,11,13,21H2,1-3H3,(H,22,24). The molecule has 0 aromatic heterocycles. The van der Waals surface area contributed by atoms with Crippen molar-refractivity contribution in [2.24, 2.45) is 5.73 Å². The lowest BCUT2D eigenvalue weighted by molar-refractivity contribution is 0.0946. The minimum atomic E-state index is -3.77. The Kier molecular flexibility index (Phi) is 5.01. The zero-order chi connectivity index (χ0) is 19.8. The molecule has 2 aromatic rings. The van der Waals surface area contributed by atoms with Crippen molar-refractivity contribution in [3.05, 3.63) is 59.7 Å². The van der Waals surface area contributed by atoms with Crippen molar-refractivity contribution in [2.45, 2.75) is 43.7 Å². The van der Waals surface area contributed by atoms with Crippen LogP contribution in [-0.2, 0) is 16.4 Å². The van der Waals surface area contributed by atoms with Gasteiger partial charge in [-0.3, -0.25) is 9.10 Å². The highest BCUT2D eigenvalue weighted by atomic mass is 32.2. The molecular formula is C20H25N3O3S. The molecule has 3 N–H and O–H groups in total. The minimum absolute atomic E-state index is 0.103. The molecule has 1 heterocycles. The van der Waals surface area contributed by atoms with E-state index in [4.69, 9.17) is 5.73 Å². The van der Waals surface area contributed by atoms with E-state index in [1.165, 1.54) is 16.4 Å². The number of rotatable bonds is 5. The summed E-state index contributed by atoms with van der Waals surface area (Å²) in [5, 5.41) is 2.74. The largest absolute Gasteiger partial charge is 0.350 e. The molecule has 7 heteroatoms. The summed E-state index contributed by atoms with van der Waals surface area (Å²) in [5.74, 6) is -0.347. The molecule has 3 rings (SSSR count). The number of anilines is 1. The summed E-state index contributed by atoms with van der Waals surface area (Å²) in [6.45, 7) is 5.79. The number of benzene rings is 2. The van der Waals surface area contributed by atoms with Crippen molar-refractivity contribution >= 4 is 21.6 Å². The molecule has 2 aromatic carbocycles. The van der Waals surface area contributed by atoms with Crippen molar-refractivity contribution in [3.63, 3.8) is 0 Å². The van der Waals surface area contributed by atoms with E-state index in [1.807, 2.05) is 31.2 Å². The zero-order valence-corrected chi connectivity index (χ0v) is 16.6. The monoisotopic (exact) mass is 387 g/mol. The minimum Gasteiger partial charge on any atom is -0.350 e. The van der Waals surface area contributed by atoms with Crippen LogP contribution in [0.5, 0.6) is 0 Å². The average Bonchev–Trinajstić information content (AvgIpc) is 2.95. The summed E-state index contributed by atoms with van der Waals surface area (Å²) < 4.78 is 28.0. The zero-order valence-electron chi connectivity index (χ0n) is 15.8. The average molecular weight is 388 g/mol. The first-order valence-corrected chi connectivity index (χ1v) is 10.3. The van der Waals surface area contributed by atoms with Gasteiger partial charge in [-0.2, -0.15) is 0 Å². The fraction of sp³-hybridized carbons (Fsp3) is 0.350. The Morgan fingerprint density at radius 3 is 2.63 bits per heavy atom. The van der Waals surface area contributed by atoms with Gasteiger partial charge in [0.15, 0.2) is 0 Å². The Morgan fingerprint density at radius 2 is 1.93 bits per heavy atom. The number of fused-ring (bicyclic) bond motifs is 1. The van der Waals surface area contributed by atoms with Crippen LogP contribution in [0.2, 0.25) is 0 Å². The van der Waals surface area contributed by atoms with Crippen molar-refractivity contribution < 1.29 is 13.2 Å². The van der Waals surface area contributed by atoms with Gasteiger partial charge < -0.3 is 11.1 Å². The van der Waals surface area contributed by atoms with E-state index in [-0.39, 0.29) is 16.8 Å². The third-order valence-corrected chi connectivity index (χ3v) is 6.43. The van der Waals surface area contributed by atoms with Crippen LogP contribution in [0.1, 0.15) is 36.7 Å². The van der Waals surface area contributed by atoms with Gasteiger partial charge >= 0.3 is 0 Å². The molecule has 0 radical (unpaired) electrons. The molecule has 0 fully saturated rings. The Hall–Kier alpha value is -2.38. The Balaban J connectivity index is 1.91. The number of amides is 1. The molecule has 1 amide bonds. The smallest absolute Gasteiger partial charge is 0.264 e.